The van der Waals surface area contributed by atoms with E-state index in [1.807, 2.05) is 14.1 Å². The van der Waals surface area contributed by atoms with Gasteiger partial charge in [0, 0.05) is 26.2 Å². The summed E-state index contributed by atoms with van der Waals surface area (Å²) in [5, 5.41) is 9.25. The Morgan fingerprint density at radius 2 is 1.74 bits per heavy atom. The van der Waals surface area contributed by atoms with Crippen molar-refractivity contribution in [3.63, 3.8) is 0 Å². The molecule has 5 heteroatoms. The Labute approximate surface area is 164 Å². The molecule has 0 spiro atoms. The minimum absolute atomic E-state index is 0.0279. The van der Waals surface area contributed by atoms with Gasteiger partial charge < -0.3 is 10.6 Å². The molecule has 1 unspecified atom stereocenters. The molecule has 0 aliphatic carbocycles. The molecule has 0 radical (unpaired) electrons. The van der Waals surface area contributed by atoms with Crippen molar-refractivity contribution in [2.24, 2.45) is 10.8 Å². The van der Waals surface area contributed by atoms with Crippen molar-refractivity contribution >= 4 is 39.5 Å². The Bertz CT molecular complexity index is 1020. The largest absolute Gasteiger partial charge is 0.378 e. The second kappa shape index (κ2) is 7.00. The molecule has 1 heterocycles. The zero-order chi connectivity index (χ0) is 19.0. The SMILES string of the molecule is CN(C)c1ccc(C2CC(c3ccc4ccccc4c3)=NN2C(N)=S)cc1. The molecule has 2 N–H and O–H groups in total. The molecular weight excluding hydrogens is 352 g/mol. The number of benzene rings is 3. The van der Waals surface area contributed by atoms with Crippen LogP contribution in [0.2, 0.25) is 0 Å². The molecule has 1 aliphatic rings. The molecule has 0 fully saturated rings. The number of hydrazone groups is 1. The van der Waals surface area contributed by atoms with Gasteiger partial charge in [-0.1, -0.05) is 48.5 Å². The first kappa shape index (κ1) is 17.5. The number of hydrogen-bond acceptors (Lipinski definition) is 3. The molecule has 27 heavy (non-hydrogen) atoms. The molecule has 0 bridgehead atoms. The third kappa shape index (κ3) is 3.38. The van der Waals surface area contributed by atoms with Gasteiger partial charge >= 0.3 is 0 Å². The standard InChI is InChI=1S/C22H22N4S/c1-25(2)19-11-9-16(10-12-19)21-14-20(24-26(21)22(23)27)18-8-7-15-5-3-4-6-17(15)13-18/h3-13,21H,14H2,1-2H3,(H2,23,27). The maximum Gasteiger partial charge on any atom is 0.187 e. The van der Waals surface area contributed by atoms with Gasteiger partial charge in [-0.3, -0.25) is 0 Å². The third-order valence-corrected chi connectivity index (χ3v) is 5.20. The van der Waals surface area contributed by atoms with E-state index in [1.165, 1.54) is 10.8 Å². The lowest BCUT2D eigenvalue weighted by Gasteiger charge is -2.22. The van der Waals surface area contributed by atoms with Gasteiger partial charge in [-0.05, 0) is 52.3 Å². The smallest absolute Gasteiger partial charge is 0.187 e. The van der Waals surface area contributed by atoms with Crippen LogP contribution in [-0.2, 0) is 0 Å². The van der Waals surface area contributed by atoms with Crippen molar-refractivity contribution < 1.29 is 0 Å². The molecule has 4 rings (SSSR count). The van der Waals surface area contributed by atoms with Crippen molar-refractivity contribution in [1.82, 2.24) is 5.01 Å². The lowest BCUT2D eigenvalue weighted by atomic mass is 9.97. The van der Waals surface area contributed by atoms with Crippen molar-refractivity contribution in [2.45, 2.75) is 12.5 Å². The maximum atomic E-state index is 5.98. The number of thiocarbonyl (C=S) groups is 1. The Morgan fingerprint density at radius 3 is 2.41 bits per heavy atom. The zero-order valence-corrected chi connectivity index (χ0v) is 16.3. The van der Waals surface area contributed by atoms with Crippen molar-refractivity contribution in [3.8, 4) is 0 Å². The summed E-state index contributed by atoms with van der Waals surface area (Å²) in [7, 11) is 4.07. The van der Waals surface area contributed by atoms with Crippen LogP contribution in [0.1, 0.15) is 23.6 Å². The van der Waals surface area contributed by atoms with Gasteiger partial charge in [-0.15, -0.1) is 0 Å². The second-order valence-corrected chi connectivity index (χ2v) is 7.42. The molecule has 4 nitrogen and oxygen atoms in total. The maximum absolute atomic E-state index is 5.98. The fourth-order valence-electron chi connectivity index (χ4n) is 3.51. The first-order chi connectivity index (χ1) is 13.0. The first-order valence-electron chi connectivity index (χ1n) is 8.95. The summed E-state index contributed by atoms with van der Waals surface area (Å²) < 4.78 is 0. The molecule has 1 aliphatic heterocycles. The van der Waals surface area contributed by atoms with Gasteiger partial charge in [0.15, 0.2) is 5.11 Å². The van der Waals surface area contributed by atoms with Crippen LogP contribution >= 0.6 is 12.2 Å². The highest BCUT2D eigenvalue weighted by atomic mass is 32.1. The molecule has 0 amide bonds. The van der Waals surface area contributed by atoms with E-state index in [1.54, 1.807) is 5.01 Å². The molecule has 0 aromatic heterocycles. The number of rotatable bonds is 3. The van der Waals surface area contributed by atoms with Crippen LogP contribution < -0.4 is 10.6 Å². The quantitative estimate of drug-likeness (QED) is 0.694. The van der Waals surface area contributed by atoms with Crippen LogP contribution in [0, 0.1) is 0 Å². The first-order valence-corrected chi connectivity index (χ1v) is 9.36. The van der Waals surface area contributed by atoms with Crippen LogP contribution in [0.25, 0.3) is 10.8 Å². The Kier molecular flexibility index (Phi) is 4.54. The van der Waals surface area contributed by atoms with Gasteiger partial charge in [-0.2, -0.15) is 5.10 Å². The minimum atomic E-state index is 0.0279. The Morgan fingerprint density at radius 1 is 1.04 bits per heavy atom. The normalized spacial score (nSPS) is 16.4. The topological polar surface area (TPSA) is 44.9 Å². The molecule has 136 valence electrons. The van der Waals surface area contributed by atoms with E-state index in [4.69, 9.17) is 23.1 Å². The number of hydrogen-bond donors (Lipinski definition) is 1. The van der Waals surface area contributed by atoms with E-state index in [0.717, 1.165) is 28.9 Å². The zero-order valence-electron chi connectivity index (χ0n) is 15.5. The van der Waals surface area contributed by atoms with E-state index in [2.05, 4.69) is 71.6 Å². The highest BCUT2D eigenvalue weighted by Gasteiger charge is 2.30. The number of nitrogens with two attached hydrogens (primary N) is 1. The van der Waals surface area contributed by atoms with Crippen molar-refractivity contribution in [3.05, 3.63) is 77.9 Å². The van der Waals surface area contributed by atoms with Gasteiger partial charge in [0.05, 0.1) is 11.8 Å². The summed E-state index contributed by atoms with van der Waals surface area (Å²) >= 11 is 5.27. The van der Waals surface area contributed by atoms with Crippen molar-refractivity contribution in [2.75, 3.05) is 19.0 Å². The summed E-state index contributed by atoms with van der Waals surface area (Å²) in [6.07, 6.45) is 0.775. The van der Waals surface area contributed by atoms with E-state index < -0.39 is 0 Å². The van der Waals surface area contributed by atoms with Crippen LogP contribution in [0.15, 0.2) is 71.8 Å². The van der Waals surface area contributed by atoms with Crippen LogP contribution in [-0.4, -0.2) is 29.9 Å². The average molecular weight is 375 g/mol. The van der Waals surface area contributed by atoms with Crippen LogP contribution in [0.3, 0.4) is 0 Å². The van der Waals surface area contributed by atoms with Crippen molar-refractivity contribution in [1.29, 1.82) is 0 Å². The average Bonchev–Trinajstić information content (AvgIpc) is 3.13. The molecule has 3 aromatic carbocycles. The number of fused-ring (bicyclic) bond motifs is 1. The fourth-order valence-corrected chi connectivity index (χ4v) is 3.68. The number of nitrogens with zero attached hydrogens (tertiary/aromatic N) is 3. The lowest BCUT2D eigenvalue weighted by Crippen LogP contribution is -2.31. The minimum Gasteiger partial charge on any atom is -0.378 e. The Hall–Kier alpha value is -2.92. The highest BCUT2D eigenvalue weighted by Crippen LogP contribution is 2.33. The summed E-state index contributed by atoms with van der Waals surface area (Å²) in [6.45, 7) is 0. The van der Waals surface area contributed by atoms with E-state index in [0.29, 0.717) is 5.11 Å². The molecular formula is C22H22N4S. The van der Waals surface area contributed by atoms with E-state index >= 15 is 0 Å². The summed E-state index contributed by atoms with van der Waals surface area (Å²) in [5.74, 6) is 0. The van der Waals surface area contributed by atoms with E-state index in [-0.39, 0.29) is 6.04 Å². The van der Waals surface area contributed by atoms with E-state index in [9.17, 15) is 0 Å². The second-order valence-electron chi connectivity index (χ2n) is 7.00. The predicted molar refractivity (Wildman–Crippen MR) is 117 cm³/mol. The lowest BCUT2D eigenvalue weighted by molar-refractivity contribution is 0.373. The molecule has 0 saturated carbocycles. The van der Waals surface area contributed by atoms with Gasteiger partial charge in [-0.25, -0.2) is 5.01 Å². The van der Waals surface area contributed by atoms with Gasteiger partial charge in [0.1, 0.15) is 0 Å². The summed E-state index contributed by atoms with van der Waals surface area (Å²) in [6, 6.07) is 23.3. The molecule has 0 saturated heterocycles. The highest BCUT2D eigenvalue weighted by molar-refractivity contribution is 7.80. The van der Waals surface area contributed by atoms with Crippen LogP contribution in [0.4, 0.5) is 5.69 Å². The van der Waals surface area contributed by atoms with Gasteiger partial charge in [0.2, 0.25) is 0 Å². The summed E-state index contributed by atoms with van der Waals surface area (Å²) in [5.41, 5.74) is 10.4. The van der Waals surface area contributed by atoms with Crippen LogP contribution in [0.5, 0.6) is 0 Å². The van der Waals surface area contributed by atoms with Gasteiger partial charge in [0.25, 0.3) is 0 Å². The summed E-state index contributed by atoms with van der Waals surface area (Å²) in [4.78, 5) is 2.08. The fraction of sp³-hybridized carbons (Fsp3) is 0.182. The monoisotopic (exact) mass is 374 g/mol. The Balaban J connectivity index is 1.67. The number of anilines is 1. The molecule has 1 atom stereocenters. The molecule has 3 aromatic rings. The third-order valence-electron chi connectivity index (χ3n) is 5.01. The predicted octanol–water partition coefficient (Wildman–Crippen LogP) is 4.30.